The summed E-state index contributed by atoms with van der Waals surface area (Å²) in [5.41, 5.74) is 0.554. The van der Waals surface area contributed by atoms with Crippen molar-refractivity contribution in [3.63, 3.8) is 0 Å². The molecule has 13 heavy (non-hydrogen) atoms. The number of hydrogen-bond donors (Lipinski definition) is 1. The van der Waals surface area contributed by atoms with Gasteiger partial charge in [-0.2, -0.15) is 0 Å². The fourth-order valence-corrected chi connectivity index (χ4v) is 0.987. The molecule has 0 aromatic carbocycles. The monoisotopic (exact) mass is 181 g/mol. The van der Waals surface area contributed by atoms with Crippen LogP contribution in [0.1, 0.15) is 19.8 Å². The first-order valence-corrected chi connectivity index (χ1v) is 4.62. The van der Waals surface area contributed by atoms with E-state index in [4.69, 9.17) is 4.74 Å². The Balaban J connectivity index is 2.30. The third-order valence-electron chi connectivity index (χ3n) is 1.76. The molecular weight excluding hydrogens is 166 g/mol. The highest BCUT2D eigenvalue weighted by atomic mass is 16.5. The summed E-state index contributed by atoms with van der Waals surface area (Å²) in [4.78, 5) is 11.3. The molecule has 1 aliphatic rings. The first-order valence-electron chi connectivity index (χ1n) is 4.62. The van der Waals surface area contributed by atoms with Gasteiger partial charge in [0.2, 0.25) is 0 Å². The van der Waals surface area contributed by atoms with Crippen LogP contribution >= 0.6 is 0 Å². The van der Waals surface area contributed by atoms with E-state index < -0.39 is 0 Å². The maximum absolute atomic E-state index is 11.3. The second-order valence-corrected chi connectivity index (χ2v) is 2.88. The molecule has 0 aliphatic carbocycles. The van der Waals surface area contributed by atoms with Gasteiger partial charge < -0.3 is 10.1 Å². The summed E-state index contributed by atoms with van der Waals surface area (Å²) in [6, 6.07) is 0. The van der Waals surface area contributed by atoms with Gasteiger partial charge in [0.25, 0.3) is 0 Å². The van der Waals surface area contributed by atoms with Gasteiger partial charge in [0, 0.05) is 6.54 Å². The Bertz CT molecular complexity index is 231. The van der Waals surface area contributed by atoms with Crippen LogP contribution in [-0.4, -0.2) is 19.1 Å². The zero-order chi connectivity index (χ0) is 9.52. The van der Waals surface area contributed by atoms with Crippen LogP contribution < -0.4 is 5.32 Å². The number of rotatable bonds is 4. The number of unbranched alkanes of at least 4 members (excludes halogenated alkanes) is 1. The Morgan fingerprint density at radius 1 is 1.69 bits per heavy atom. The van der Waals surface area contributed by atoms with E-state index in [0.29, 0.717) is 18.8 Å². The second kappa shape index (κ2) is 5.41. The Morgan fingerprint density at radius 3 is 3.15 bits per heavy atom. The third-order valence-corrected chi connectivity index (χ3v) is 1.76. The number of carbonyl (C=O) groups excluding carboxylic acids is 1. The summed E-state index contributed by atoms with van der Waals surface area (Å²) in [6.45, 7) is 3.28. The number of nitrogens with one attached hydrogen (secondary N) is 1. The highest BCUT2D eigenvalue weighted by Crippen LogP contribution is 2.00. The SMILES string of the molecule is CCCCOC(=O)C1=CC=CCN1. The number of carbonyl (C=O) groups is 1. The standard InChI is InChI=1S/C10H15NO2/c1-2-3-8-13-10(12)9-6-4-5-7-11-9/h4-6,11H,2-3,7-8H2,1H3. The van der Waals surface area contributed by atoms with Gasteiger partial charge in [-0.05, 0) is 12.5 Å². The minimum atomic E-state index is -0.252. The molecule has 0 aromatic heterocycles. The predicted molar refractivity (Wildman–Crippen MR) is 51.1 cm³/mol. The summed E-state index contributed by atoms with van der Waals surface area (Å²) >= 11 is 0. The van der Waals surface area contributed by atoms with Crippen LogP contribution in [-0.2, 0) is 9.53 Å². The van der Waals surface area contributed by atoms with Gasteiger partial charge >= 0.3 is 5.97 Å². The Hall–Kier alpha value is -1.25. The minimum Gasteiger partial charge on any atom is -0.461 e. The third kappa shape index (κ3) is 3.32. The minimum absolute atomic E-state index is 0.252. The molecule has 1 rings (SSSR count). The van der Waals surface area contributed by atoms with Crippen LogP contribution in [0.4, 0.5) is 0 Å². The first-order chi connectivity index (χ1) is 6.34. The fourth-order valence-electron chi connectivity index (χ4n) is 0.987. The summed E-state index contributed by atoms with van der Waals surface area (Å²) in [7, 11) is 0. The first kappa shape index (κ1) is 9.84. The molecule has 0 unspecified atom stereocenters. The molecule has 0 bridgehead atoms. The van der Waals surface area contributed by atoms with Gasteiger partial charge in [0.05, 0.1) is 6.61 Å². The van der Waals surface area contributed by atoms with Crippen molar-refractivity contribution in [2.45, 2.75) is 19.8 Å². The van der Waals surface area contributed by atoms with Gasteiger partial charge in [-0.25, -0.2) is 4.79 Å². The zero-order valence-corrected chi connectivity index (χ0v) is 7.88. The van der Waals surface area contributed by atoms with E-state index >= 15 is 0 Å². The van der Waals surface area contributed by atoms with Crippen LogP contribution in [0.25, 0.3) is 0 Å². The molecule has 0 saturated carbocycles. The van der Waals surface area contributed by atoms with Crippen LogP contribution in [0.5, 0.6) is 0 Å². The Morgan fingerprint density at radius 2 is 2.54 bits per heavy atom. The van der Waals surface area contributed by atoms with Crippen LogP contribution in [0, 0.1) is 0 Å². The van der Waals surface area contributed by atoms with E-state index in [1.54, 1.807) is 6.08 Å². The van der Waals surface area contributed by atoms with Crippen molar-refractivity contribution in [1.82, 2.24) is 5.32 Å². The van der Waals surface area contributed by atoms with Gasteiger partial charge in [0.15, 0.2) is 0 Å². The molecule has 0 amide bonds. The molecule has 1 heterocycles. The molecule has 1 aliphatic heterocycles. The van der Waals surface area contributed by atoms with Gasteiger partial charge in [0.1, 0.15) is 5.70 Å². The topological polar surface area (TPSA) is 38.3 Å². The maximum Gasteiger partial charge on any atom is 0.354 e. The molecule has 3 nitrogen and oxygen atoms in total. The lowest BCUT2D eigenvalue weighted by atomic mass is 10.3. The predicted octanol–water partition coefficient (Wildman–Crippen LogP) is 1.37. The maximum atomic E-state index is 11.3. The zero-order valence-electron chi connectivity index (χ0n) is 7.88. The summed E-state index contributed by atoms with van der Waals surface area (Å²) in [5.74, 6) is -0.252. The normalized spacial score (nSPS) is 14.7. The molecule has 0 spiro atoms. The van der Waals surface area contributed by atoms with Crippen molar-refractivity contribution in [3.8, 4) is 0 Å². The van der Waals surface area contributed by atoms with E-state index in [9.17, 15) is 4.79 Å². The van der Waals surface area contributed by atoms with Crippen LogP contribution in [0.15, 0.2) is 23.9 Å². The average molecular weight is 181 g/mol. The van der Waals surface area contributed by atoms with E-state index in [1.807, 2.05) is 12.2 Å². The molecule has 0 fully saturated rings. The quantitative estimate of drug-likeness (QED) is 0.526. The van der Waals surface area contributed by atoms with E-state index in [-0.39, 0.29) is 5.97 Å². The van der Waals surface area contributed by atoms with E-state index in [1.165, 1.54) is 0 Å². The smallest absolute Gasteiger partial charge is 0.354 e. The molecule has 72 valence electrons. The van der Waals surface area contributed by atoms with Crippen LogP contribution in [0.3, 0.4) is 0 Å². The van der Waals surface area contributed by atoms with Crippen molar-refractivity contribution in [1.29, 1.82) is 0 Å². The lowest BCUT2D eigenvalue weighted by molar-refractivity contribution is -0.139. The highest BCUT2D eigenvalue weighted by Gasteiger charge is 2.09. The fraction of sp³-hybridized carbons (Fsp3) is 0.500. The summed E-state index contributed by atoms with van der Waals surface area (Å²) < 4.78 is 5.02. The molecule has 0 aromatic rings. The van der Waals surface area contributed by atoms with Crippen molar-refractivity contribution >= 4 is 5.97 Å². The Kier molecular flexibility index (Phi) is 4.09. The van der Waals surface area contributed by atoms with Crippen molar-refractivity contribution < 1.29 is 9.53 Å². The molecule has 0 saturated heterocycles. The Labute approximate surface area is 78.5 Å². The van der Waals surface area contributed by atoms with E-state index in [2.05, 4.69) is 12.2 Å². The molecule has 0 atom stereocenters. The van der Waals surface area contributed by atoms with Crippen molar-refractivity contribution in [3.05, 3.63) is 23.9 Å². The number of dihydropyridines is 1. The lowest BCUT2D eigenvalue weighted by Crippen LogP contribution is -2.24. The average Bonchev–Trinajstić information content (AvgIpc) is 2.19. The highest BCUT2D eigenvalue weighted by molar-refractivity contribution is 5.88. The lowest BCUT2D eigenvalue weighted by Gasteiger charge is -2.10. The number of esters is 1. The molecular formula is C10H15NO2. The summed E-state index contributed by atoms with van der Waals surface area (Å²) in [6.07, 6.45) is 7.50. The molecule has 0 radical (unpaired) electrons. The van der Waals surface area contributed by atoms with E-state index in [0.717, 1.165) is 12.8 Å². The van der Waals surface area contributed by atoms with Gasteiger partial charge in [-0.3, -0.25) is 0 Å². The van der Waals surface area contributed by atoms with Gasteiger partial charge in [-0.1, -0.05) is 25.5 Å². The number of ether oxygens (including phenoxy) is 1. The van der Waals surface area contributed by atoms with Crippen molar-refractivity contribution in [2.24, 2.45) is 0 Å². The summed E-state index contributed by atoms with van der Waals surface area (Å²) in [5, 5.41) is 2.95. The largest absolute Gasteiger partial charge is 0.461 e. The number of allylic oxidation sites excluding steroid dienone is 2. The van der Waals surface area contributed by atoms with Crippen LogP contribution in [0.2, 0.25) is 0 Å². The molecule has 1 N–H and O–H groups in total. The van der Waals surface area contributed by atoms with Gasteiger partial charge in [-0.15, -0.1) is 0 Å². The second-order valence-electron chi connectivity index (χ2n) is 2.88. The number of hydrogen-bond acceptors (Lipinski definition) is 3. The van der Waals surface area contributed by atoms with Crippen molar-refractivity contribution in [2.75, 3.05) is 13.2 Å². The molecule has 3 heteroatoms.